The van der Waals surface area contributed by atoms with Crippen molar-refractivity contribution in [1.29, 1.82) is 0 Å². The number of hydrogen-bond donors (Lipinski definition) is 0. The molecular formula is C19H28N4O5S. The molecule has 10 heteroatoms. The van der Waals surface area contributed by atoms with E-state index in [9.17, 15) is 8.42 Å². The van der Waals surface area contributed by atoms with Gasteiger partial charge in [0, 0.05) is 46.3 Å². The number of aromatic nitrogens is 2. The average Bonchev–Trinajstić information content (AvgIpc) is 3.09. The summed E-state index contributed by atoms with van der Waals surface area (Å²) in [6, 6.07) is 9.39. The zero-order chi connectivity index (χ0) is 21.0. The number of aryl methyl sites for hydroxylation is 1. The van der Waals surface area contributed by atoms with Gasteiger partial charge < -0.3 is 14.2 Å². The highest BCUT2D eigenvalue weighted by molar-refractivity contribution is 7.86. The molecule has 3 rings (SSSR count). The number of benzene rings is 1. The largest absolute Gasteiger partial charge is 0.497 e. The fourth-order valence-electron chi connectivity index (χ4n) is 3.11. The van der Waals surface area contributed by atoms with E-state index in [-0.39, 0.29) is 12.6 Å². The van der Waals surface area contributed by atoms with Crippen molar-refractivity contribution in [3.63, 3.8) is 0 Å². The Morgan fingerprint density at radius 3 is 2.59 bits per heavy atom. The maximum atomic E-state index is 12.4. The molecule has 0 saturated carbocycles. The Kier molecular flexibility index (Phi) is 6.78. The predicted octanol–water partition coefficient (Wildman–Crippen LogP) is 1.23. The molecule has 2 heterocycles. The van der Waals surface area contributed by atoms with Crippen molar-refractivity contribution in [2.75, 3.05) is 47.5 Å². The van der Waals surface area contributed by atoms with Crippen LogP contribution in [0, 0.1) is 0 Å². The van der Waals surface area contributed by atoms with Gasteiger partial charge in [0.25, 0.3) is 10.2 Å². The first-order valence-corrected chi connectivity index (χ1v) is 10.8. The molecule has 1 aromatic heterocycles. The maximum absolute atomic E-state index is 12.4. The van der Waals surface area contributed by atoms with Gasteiger partial charge in [-0.05, 0) is 30.3 Å². The van der Waals surface area contributed by atoms with Gasteiger partial charge in [-0.25, -0.2) is 0 Å². The number of methoxy groups -OCH3 is 1. The van der Waals surface area contributed by atoms with Crippen molar-refractivity contribution in [2.24, 2.45) is 7.05 Å². The number of nitrogens with zero attached hydrogens (tertiary/aromatic N) is 4. The van der Waals surface area contributed by atoms with Gasteiger partial charge in [-0.2, -0.15) is 22.1 Å². The van der Waals surface area contributed by atoms with Crippen LogP contribution in [0.3, 0.4) is 0 Å². The number of rotatable bonds is 8. The molecule has 1 unspecified atom stereocenters. The van der Waals surface area contributed by atoms with E-state index in [2.05, 4.69) is 5.10 Å². The van der Waals surface area contributed by atoms with Crippen LogP contribution in [0.25, 0.3) is 0 Å². The molecule has 1 saturated heterocycles. The third-order valence-corrected chi connectivity index (χ3v) is 6.74. The van der Waals surface area contributed by atoms with E-state index in [1.165, 1.54) is 22.7 Å². The summed E-state index contributed by atoms with van der Waals surface area (Å²) < 4.78 is 45.9. The second kappa shape index (κ2) is 9.12. The molecule has 0 spiro atoms. The highest BCUT2D eigenvalue weighted by Gasteiger charge is 2.32. The van der Waals surface area contributed by atoms with Crippen molar-refractivity contribution in [3.8, 4) is 11.5 Å². The zero-order valence-electron chi connectivity index (χ0n) is 17.2. The van der Waals surface area contributed by atoms with Crippen LogP contribution in [0.4, 0.5) is 0 Å². The van der Waals surface area contributed by atoms with E-state index in [1.54, 1.807) is 11.8 Å². The molecule has 0 bridgehead atoms. The van der Waals surface area contributed by atoms with Gasteiger partial charge >= 0.3 is 0 Å². The summed E-state index contributed by atoms with van der Waals surface area (Å²) in [6.07, 6.45) is 0.281. The Bertz CT molecular complexity index is 911. The van der Waals surface area contributed by atoms with E-state index in [0.717, 1.165) is 22.9 Å². The SMILES string of the molecule is COc1ccc(OCCc2cc(C3CN(S(=O)(=O)N(C)C)CCO3)nn2C)cc1. The van der Waals surface area contributed by atoms with Crippen molar-refractivity contribution < 1.29 is 22.6 Å². The summed E-state index contributed by atoms with van der Waals surface area (Å²) >= 11 is 0. The Balaban J connectivity index is 1.60. The summed E-state index contributed by atoms with van der Waals surface area (Å²) in [5.41, 5.74) is 1.72. The molecule has 0 radical (unpaired) electrons. The summed E-state index contributed by atoms with van der Waals surface area (Å²) in [4.78, 5) is 0. The van der Waals surface area contributed by atoms with E-state index >= 15 is 0 Å². The third-order valence-electron chi connectivity index (χ3n) is 4.83. The molecule has 1 aliphatic heterocycles. The predicted molar refractivity (Wildman–Crippen MR) is 108 cm³/mol. The second-order valence-corrected chi connectivity index (χ2v) is 9.11. The maximum Gasteiger partial charge on any atom is 0.281 e. The summed E-state index contributed by atoms with van der Waals surface area (Å²) in [5.74, 6) is 1.56. The van der Waals surface area contributed by atoms with Crippen LogP contribution in [0.1, 0.15) is 17.5 Å². The first-order valence-electron chi connectivity index (χ1n) is 9.40. The van der Waals surface area contributed by atoms with E-state index in [1.807, 2.05) is 37.4 Å². The van der Waals surface area contributed by atoms with Gasteiger partial charge in [0.1, 0.15) is 17.6 Å². The quantitative estimate of drug-likeness (QED) is 0.634. The molecule has 1 aliphatic rings. The first-order chi connectivity index (χ1) is 13.8. The molecule has 29 heavy (non-hydrogen) atoms. The zero-order valence-corrected chi connectivity index (χ0v) is 18.1. The van der Waals surface area contributed by atoms with Gasteiger partial charge in [0.2, 0.25) is 0 Å². The molecule has 9 nitrogen and oxygen atoms in total. The van der Waals surface area contributed by atoms with Crippen LogP contribution in [0.15, 0.2) is 30.3 Å². The number of ether oxygens (including phenoxy) is 3. The lowest BCUT2D eigenvalue weighted by Crippen LogP contribution is -2.47. The monoisotopic (exact) mass is 424 g/mol. The van der Waals surface area contributed by atoms with E-state index in [4.69, 9.17) is 14.2 Å². The van der Waals surface area contributed by atoms with Gasteiger partial charge in [-0.1, -0.05) is 0 Å². The van der Waals surface area contributed by atoms with Gasteiger partial charge in [-0.15, -0.1) is 0 Å². The smallest absolute Gasteiger partial charge is 0.281 e. The highest BCUT2D eigenvalue weighted by atomic mass is 32.2. The van der Waals surface area contributed by atoms with Gasteiger partial charge in [0.05, 0.1) is 26.0 Å². The average molecular weight is 425 g/mol. The minimum atomic E-state index is -3.47. The minimum Gasteiger partial charge on any atom is -0.497 e. The van der Waals surface area contributed by atoms with Gasteiger partial charge in [-0.3, -0.25) is 4.68 Å². The summed E-state index contributed by atoms with van der Waals surface area (Å²) in [5, 5.41) is 4.53. The molecular weight excluding hydrogens is 396 g/mol. The highest BCUT2D eigenvalue weighted by Crippen LogP contribution is 2.24. The fraction of sp³-hybridized carbons (Fsp3) is 0.526. The van der Waals surface area contributed by atoms with Crippen LogP contribution in [0.2, 0.25) is 0 Å². The molecule has 2 aromatic rings. The Hall–Kier alpha value is -2.14. The van der Waals surface area contributed by atoms with Crippen molar-refractivity contribution in [2.45, 2.75) is 12.5 Å². The van der Waals surface area contributed by atoms with Crippen LogP contribution < -0.4 is 9.47 Å². The lowest BCUT2D eigenvalue weighted by Gasteiger charge is -2.32. The molecule has 1 atom stereocenters. The summed E-state index contributed by atoms with van der Waals surface area (Å²) in [7, 11) is 3.08. The molecule has 0 amide bonds. The number of morpholine rings is 1. The number of hydrogen-bond acceptors (Lipinski definition) is 6. The van der Waals surface area contributed by atoms with Crippen molar-refractivity contribution in [3.05, 3.63) is 41.7 Å². The van der Waals surface area contributed by atoms with Gasteiger partial charge in [0.15, 0.2) is 0 Å². The van der Waals surface area contributed by atoms with Crippen LogP contribution in [-0.4, -0.2) is 74.3 Å². The Morgan fingerprint density at radius 1 is 1.24 bits per heavy atom. The molecule has 1 fully saturated rings. The molecule has 0 N–H and O–H groups in total. The Morgan fingerprint density at radius 2 is 1.93 bits per heavy atom. The third kappa shape index (κ3) is 5.08. The van der Waals surface area contributed by atoms with Crippen LogP contribution >= 0.6 is 0 Å². The molecule has 160 valence electrons. The van der Waals surface area contributed by atoms with Crippen LogP contribution in [-0.2, 0) is 28.4 Å². The van der Waals surface area contributed by atoms with Crippen molar-refractivity contribution in [1.82, 2.24) is 18.4 Å². The van der Waals surface area contributed by atoms with Crippen molar-refractivity contribution >= 4 is 10.2 Å². The molecule has 1 aromatic carbocycles. The van der Waals surface area contributed by atoms with E-state index in [0.29, 0.717) is 26.2 Å². The normalized spacial score (nSPS) is 18.2. The van der Waals surface area contributed by atoms with E-state index < -0.39 is 10.2 Å². The standard InChI is InChI=1S/C19H28N4O5S/c1-21(2)29(24,25)23-10-12-28-19(14-23)18-13-15(22(3)20-18)9-11-27-17-7-5-16(26-4)6-8-17/h5-8,13,19H,9-12,14H2,1-4H3. The summed E-state index contributed by atoms with van der Waals surface area (Å²) in [6.45, 7) is 1.42. The second-order valence-electron chi connectivity index (χ2n) is 6.97. The first kappa shape index (κ1) is 21.6. The van der Waals surface area contributed by atoms with Crippen LogP contribution in [0.5, 0.6) is 11.5 Å². The molecule has 0 aliphatic carbocycles. The lowest BCUT2D eigenvalue weighted by molar-refractivity contribution is -0.00649. The fourth-order valence-corrected chi connectivity index (χ4v) is 4.20. The Labute approximate surface area is 171 Å². The topological polar surface area (TPSA) is 86.1 Å². The lowest BCUT2D eigenvalue weighted by atomic mass is 10.2. The minimum absolute atomic E-state index is 0.249.